The Morgan fingerprint density at radius 1 is 1.56 bits per heavy atom. The molecule has 3 atom stereocenters. The van der Waals surface area contributed by atoms with E-state index in [1.54, 1.807) is 5.82 Å². The minimum Gasteiger partial charge on any atom is -0.347 e. The van der Waals surface area contributed by atoms with Gasteiger partial charge in [0.2, 0.25) is 0 Å². The molecule has 3 unspecified atom stereocenters. The van der Waals surface area contributed by atoms with Crippen LogP contribution in [0.1, 0.15) is 19.6 Å². The highest BCUT2D eigenvalue weighted by molar-refractivity contribution is 7.20. The molecule has 1 aromatic rings. The van der Waals surface area contributed by atoms with Crippen LogP contribution >= 0.6 is 9.24 Å². The zero-order chi connectivity index (χ0) is 13.5. The van der Waals surface area contributed by atoms with Gasteiger partial charge in [0.15, 0.2) is 6.23 Å². The quantitative estimate of drug-likeness (QED) is 0.651. The average Bonchev–Trinajstić information content (AvgIpc) is 2.78. The molecule has 0 aliphatic carbocycles. The summed E-state index contributed by atoms with van der Waals surface area (Å²) in [5.41, 5.74) is -0.848. The van der Waals surface area contributed by atoms with Crippen LogP contribution in [0, 0.1) is 0 Å². The second kappa shape index (κ2) is 7.09. The van der Waals surface area contributed by atoms with E-state index in [0.717, 1.165) is 6.42 Å². The maximum Gasteiger partial charge on any atom is 0.330 e. The van der Waals surface area contributed by atoms with Gasteiger partial charge >= 0.3 is 5.69 Å². The summed E-state index contributed by atoms with van der Waals surface area (Å²) in [7, 11) is 2.34. The maximum atomic E-state index is 11.4. The highest BCUT2D eigenvalue weighted by Crippen LogP contribution is 2.20. The average molecular weight is 268 g/mol. The summed E-state index contributed by atoms with van der Waals surface area (Å²) in [5, 5.41) is 0. The van der Waals surface area contributed by atoms with E-state index in [2.05, 4.69) is 20.8 Å². The van der Waals surface area contributed by atoms with Crippen LogP contribution < -0.4 is 11.2 Å². The fraction of sp³-hybridized carbons (Fsp3) is 0.333. The van der Waals surface area contributed by atoms with Gasteiger partial charge in [-0.15, -0.1) is 9.24 Å². The van der Waals surface area contributed by atoms with Crippen molar-refractivity contribution in [2.75, 3.05) is 0 Å². The smallest absolute Gasteiger partial charge is 0.330 e. The molecule has 0 saturated carbocycles. The maximum absolute atomic E-state index is 11.4. The molecule has 0 amide bonds. The van der Waals surface area contributed by atoms with Crippen molar-refractivity contribution in [1.82, 2.24) is 9.55 Å². The zero-order valence-corrected chi connectivity index (χ0v) is 11.4. The van der Waals surface area contributed by atoms with Crippen LogP contribution in [-0.4, -0.2) is 15.7 Å². The highest BCUT2D eigenvalue weighted by Gasteiger charge is 2.19. The van der Waals surface area contributed by atoms with Crippen LogP contribution in [0.15, 0.2) is 46.4 Å². The summed E-state index contributed by atoms with van der Waals surface area (Å²) in [5.74, 6) is 1.67. The molecule has 0 aromatic carbocycles. The molecular formula is C12H17N2O3P. The van der Waals surface area contributed by atoms with Gasteiger partial charge in [0.25, 0.3) is 5.56 Å². The van der Waals surface area contributed by atoms with E-state index < -0.39 is 17.5 Å². The molecule has 0 spiro atoms. The third-order valence-electron chi connectivity index (χ3n) is 2.33. The lowest BCUT2D eigenvalue weighted by Gasteiger charge is -2.14. The Morgan fingerprint density at radius 2 is 2.22 bits per heavy atom. The number of aromatic amines is 1. The fourth-order valence-electron chi connectivity index (χ4n) is 1.51. The minimum absolute atomic E-state index is 0.0498. The van der Waals surface area contributed by atoms with Crippen molar-refractivity contribution in [1.29, 1.82) is 0 Å². The van der Waals surface area contributed by atoms with Crippen LogP contribution in [0.3, 0.4) is 0 Å². The SMILES string of the molecule is C=CP.CCC1C=CC(n2ccc(=O)[nH]c2=O)O1. The predicted octanol–water partition coefficient (Wildman–Crippen LogP) is 1.41. The Bertz CT molecular complexity index is 533. The van der Waals surface area contributed by atoms with Crippen molar-refractivity contribution >= 4 is 9.24 Å². The Labute approximate surface area is 107 Å². The van der Waals surface area contributed by atoms with E-state index in [1.807, 2.05) is 19.1 Å². The molecule has 18 heavy (non-hydrogen) atoms. The molecule has 6 heteroatoms. The lowest BCUT2D eigenvalue weighted by Crippen LogP contribution is -2.31. The van der Waals surface area contributed by atoms with E-state index in [-0.39, 0.29) is 6.10 Å². The largest absolute Gasteiger partial charge is 0.347 e. The molecule has 0 fully saturated rings. The van der Waals surface area contributed by atoms with Crippen molar-refractivity contribution in [3.8, 4) is 0 Å². The summed E-state index contributed by atoms with van der Waals surface area (Å²) in [6.07, 6.45) is 5.68. The normalized spacial score (nSPS) is 21.2. The molecule has 0 bridgehead atoms. The Hall–Kier alpha value is -1.45. The predicted molar refractivity (Wildman–Crippen MR) is 74.6 cm³/mol. The molecular weight excluding hydrogens is 251 g/mol. The molecule has 1 aromatic heterocycles. The van der Waals surface area contributed by atoms with Gasteiger partial charge < -0.3 is 4.74 Å². The molecule has 1 aliphatic heterocycles. The van der Waals surface area contributed by atoms with Gasteiger partial charge in [0.1, 0.15) is 0 Å². The number of nitrogens with one attached hydrogen (secondary N) is 1. The summed E-state index contributed by atoms with van der Waals surface area (Å²) in [6, 6.07) is 1.30. The lowest BCUT2D eigenvalue weighted by atomic mass is 10.3. The molecule has 5 nitrogen and oxygen atoms in total. The van der Waals surface area contributed by atoms with Crippen molar-refractivity contribution in [3.63, 3.8) is 0 Å². The first-order chi connectivity index (χ1) is 8.62. The second-order valence-corrected chi connectivity index (χ2v) is 4.08. The van der Waals surface area contributed by atoms with Crippen molar-refractivity contribution < 1.29 is 4.74 Å². The van der Waals surface area contributed by atoms with E-state index in [0.29, 0.717) is 0 Å². The van der Waals surface area contributed by atoms with Crippen molar-refractivity contribution in [2.24, 2.45) is 0 Å². The van der Waals surface area contributed by atoms with Crippen LogP contribution in [0.4, 0.5) is 0 Å². The molecule has 1 N–H and O–H groups in total. The fourth-order valence-corrected chi connectivity index (χ4v) is 1.51. The second-order valence-electron chi connectivity index (χ2n) is 3.61. The van der Waals surface area contributed by atoms with Gasteiger partial charge in [0.05, 0.1) is 6.10 Å². The van der Waals surface area contributed by atoms with E-state index in [4.69, 9.17) is 4.74 Å². The third-order valence-corrected chi connectivity index (χ3v) is 2.33. The number of H-pyrrole nitrogens is 1. The van der Waals surface area contributed by atoms with E-state index in [1.165, 1.54) is 16.8 Å². The first-order valence-electron chi connectivity index (χ1n) is 5.60. The number of hydrogen-bond donors (Lipinski definition) is 1. The van der Waals surface area contributed by atoms with Gasteiger partial charge in [-0.1, -0.05) is 25.4 Å². The molecule has 2 heterocycles. The van der Waals surface area contributed by atoms with Gasteiger partial charge in [-0.05, 0) is 12.5 Å². The zero-order valence-electron chi connectivity index (χ0n) is 10.2. The van der Waals surface area contributed by atoms with Gasteiger partial charge in [-0.3, -0.25) is 14.3 Å². The Balaban J connectivity index is 0.000000492. The molecule has 0 radical (unpaired) electrons. The van der Waals surface area contributed by atoms with Crippen LogP contribution in [-0.2, 0) is 4.74 Å². The van der Waals surface area contributed by atoms with Gasteiger partial charge in [-0.2, -0.15) is 0 Å². The summed E-state index contributed by atoms with van der Waals surface area (Å²) in [6.45, 7) is 5.33. The molecule has 1 aliphatic rings. The Kier molecular flexibility index (Phi) is 5.75. The lowest BCUT2D eigenvalue weighted by molar-refractivity contribution is 0.0141. The van der Waals surface area contributed by atoms with E-state index in [9.17, 15) is 9.59 Å². The number of rotatable bonds is 2. The van der Waals surface area contributed by atoms with Crippen LogP contribution in [0.5, 0.6) is 0 Å². The monoisotopic (exact) mass is 268 g/mol. The topological polar surface area (TPSA) is 64.1 Å². The van der Waals surface area contributed by atoms with Crippen molar-refractivity contribution in [2.45, 2.75) is 25.7 Å². The van der Waals surface area contributed by atoms with Crippen LogP contribution in [0.2, 0.25) is 0 Å². The highest BCUT2D eigenvalue weighted by atomic mass is 31.0. The number of ether oxygens (including phenoxy) is 1. The standard InChI is InChI=1S/C10H12N2O3.C2H5P/c1-2-7-3-4-9(15-7)12-6-5-8(13)11-10(12)14;1-2-3/h3-7,9H,2H2,1H3,(H,11,13,14);2H,1,3H2. The third kappa shape index (κ3) is 3.79. The minimum atomic E-state index is -0.450. The first kappa shape index (κ1) is 14.6. The number of aromatic nitrogens is 2. The molecule has 98 valence electrons. The summed E-state index contributed by atoms with van der Waals surface area (Å²) in [4.78, 5) is 24.5. The van der Waals surface area contributed by atoms with Crippen molar-refractivity contribution in [3.05, 3.63) is 57.6 Å². The number of nitrogens with zero attached hydrogens (tertiary/aromatic N) is 1. The first-order valence-corrected chi connectivity index (χ1v) is 6.27. The summed E-state index contributed by atoms with van der Waals surface area (Å²) < 4.78 is 6.90. The van der Waals surface area contributed by atoms with Gasteiger partial charge in [0, 0.05) is 12.3 Å². The number of hydrogen-bond acceptors (Lipinski definition) is 3. The summed E-state index contributed by atoms with van der Waals surface area (Å²) >= 11 is 0. The van der Waals surface area contributed by atoms with Gasteiger partial charge in [-0.25, -0.2) is 4.79 Å². The van der Waals surface area contributed by atoms with E-state index >= 15 is 0 Å². The molecule has 2 rings (SSSR count). The molecule has 0 saturated heterocycles. The Morgan fingerprint density at radius 3 is 2.72 bits per heavy atom. The van der Waals surface area contributed by atoms with Crippen LogP contribution in [0.25, 0.3) is 0 Å².